The fraction of sp³-hybridized carbons (Fsp3) is 0.533. The highest BCUT2D eigenvalue weighted by Crippen LogP contribution is 2.35. The highest BCUT2D eigenvalue weighted by atomic mass is 19.4. The molecule has 0 saturated heterocycles. The van der Waals surface area contributed by atoms with Gasteiger partial charge in [0, 0.05) is 0 Å². The van der Waals surface area contributed by atoms with Gasteiger partial charge in [-0.15, -0.1) is 0 Å². The number of carbonyl (C=O) groups is 1. The maximum absolute atomic E-state index is 13.1. The molecule has 1 aromatic rings. The molecular formula is C15H17F4NO2. The maximum Gasteiger partial charge on any atom is 0.412 e. The number of aliphatic hydroxyl groups is 1. The van der Waals surface area contributed by atoms with Gasteiger partial charge in [0.2, 0.25) is 5.91 Å². The highest BCUT2D eigenvalue weighted by molar-refractivity contribution is 5.77. The van der Waals surface area contributed by atoms with Crippen LogP contribution in [0.1, 0.15) is 43.7 Å². The van der Waals surface area contributed by atoms with E-state index in [0.717, 1.165) is 37.1 Å². The van der Waals surface area contributed by atoms with Gasteiger partial charge in [0.25, 0.3) is 0 Å². The lowest BCUT2D eigenvalue weighted by atomic mass is 9.97. The van der Waals surface area contributed by atoms with Gasteiger partial charge in [0.05, 0.1) is 12.0 Å². The van der Waals surface area contributed by atoms with E-state index in [-0.39, 0.29) is 12.0 Å². The fourth-order valence-corrected chi connectivity index (χ4v) is 2.73. The molecule has 1 atom stereocenters. The van der Waals surface area contributed by atoms with Crippen LogP contribution in [-0.2, 0) is 4.79 Å². The Bertz CT molecular complexity index is 521. The van der Waals surface area contributed by atoms with Crippen molar-refractivity contribution >= 4 is 5.91 Å². The number of halogens is 4. The molecule has 3 nitrogen and oxygen atoms in total. The Labute approximate surface area is 125 Å². The summed E-state index contributed by atoms with van der Waals surface area (Å²) in [6.45, 7) is 0. The van der Waals surface area contributed by atoms with Crippen LogP contribution in [0.25, 0.3) is 0 Å². The normalized spacial score (nSPS) is 19.0. The van der Waals surface area contributed by atoms with Crippen molar-refractivity contribution in [3.63, 3.8) is 0 Å². The molecule has 0 radical (unpaired) electrons. The Morgan fingerprint density at radius 1 is 1.23 bits per heavy atom. The van der Waals surface area contributed by atoms with Gasteiger partial charge in [-0.05, 0) is 30.5 Å². The predicted octanol–water partition coefficient (Wildman–Crippen LogP) is 3.24. The van der Waals surface area contributed by atoms with Crippen molar-refractivity contribution in [1.82, 2.24) is 5.32 Å². The predicted molar refractivity (Wildman–Crippen MR) is 71.4 cm³/mol. The minimum absolute atomic E-state index is 0.249. The minimum atomic E-state index is -4.70. The summed E-state index contributed by atoms with van der Waals surface area (Å²) < 4.78 is 52.1. The van der Waals surface area contributed by atoms with Crippen LogP contribution < -0.4 is 5.32 Å². The molecule has 0 bridgehead atoms. The van der Waals surface area contributed by atoms with E-state index in [0.29, 0.717) is 12.8 Å². The van der Waals surface area contributed by atoms with Crippen LogP contribution in [0, 0.1) is 5.82 Å². The molecule has 0 aromatic heterocycles. The molecule has 1 aliphatic carbocycles. The molecule has 2 N–H and O–H groups in total. The van der Waals surface area contributed by atoms with Gasteiger partial charge in [0.1, 0.15) is 5.82 Å². The second kappa shape index (κ2) is 6.24. The monoisotopic (exact) mass is 319 g/mol. The molecule has 1 aromatic carbocycles. The summed E-state index contributed by atoms with van der Waals surface area (Å²) >= 11 is 0. The van der Waals surface area contributed by atoms with Gasteiger partial charge in [-0.1, -0.05) is 25.0 Å². The summed E-state index contributed by atoms with van der Waals surface area (Å²) in [4.78, 5) is 11.9. The Morgan fingerprint density at radius 2 is 1.77 bits per heavy atom. The molecule has 1 fully saturated rings. The van der Waals surface area contributed by atoms with Gasteiger partial charge in [0.15, 0.2) is 6.04 Å². The number of hydrogen-bond acceptors (Lipinski definition) is 2. The number of rotatable bonds is 4. The van der Waals surface area contributed by atoms with Crippen molar-refractivity contribution < 1.29 is 27.5 Å². The van der Waals surface area contributed by atoms with Crippen molar-refractivity contribution in [1.29, 1.82) is 0 Å². The fourth-order valence-electron chi connectivity index (χ4n) is 2.73. The Kier molecular flexibility index (Phi) is 4.75. The second-order valence-electron chi connectivity index (χ2n) is 5.70. The molecule has 0 aliphatic heterocycles. The maximum atomic E-state index is 13.1. The highest BCUT2D eigenvalue weighted by Gasteiger charge is 2.43. The Morgan fingerprint density at radius 3 is 2.27 bits per heavy atom. The van der Waals surface area contributed by atoms with E-state index in [1.165, 1.54) is 0 Å². The van der Waals surface area contributed by atoms with Crippen LogP contribution in [0.3, 0.4) is 0 Å². The molecule has 1 saturated carbocycles. The van der Waals surface area contributed by atoms with Crippen molar-refractivity contribution in [2.45, 2.75) is 49.9 Å². The van der Waals surface area contributed by atoms with E-state index in [4.69, 9.17) is 0 Å². The van der Waals surface area contributed by atoms with Crippen molar-refractivity contribution in [2.75, 3.05) is 0 Å². The number of alkyl halides is 3. The van der Waals surface area contributed by atoms with Crippen LogP contribution in [-0.4, -0.2) is 22.8 Å². The molecule has 122 valence electrons. The third kappa shape index (κ3) is 4.19. The number of benzene rings is 1. The van der Waals surface area contributed by atoms with Crippen molar-refractivity contribution in [2.24, 2.45) is 0 Å². The van der Waals surface area contributed by atoms with Crippen LogP contribution in [0.5, 0.6) is 0 Å². The lowest BCUT2D eigenvalue weighted by molar-refractivity contribution is -0.164. The molecule has 1 amide bonds. The zero-order valence-corrected chi connectivity index (χ0v) is 11.8. The summed E-state index contributed by atoms with van der Waals surface area (Å²) in [7, 11) is 0. The first-order valence-corrected chi connectivity index (χ1v) is 7.04. The largest absolute Gasteiger partial charge is 0.412 e. The van der Waals surface area contributed by atoms with Gasteiger partial charge < -0.3 is 10.4 Å². The van der Waals surface area contributed by atoms with Gasteiger partial charge in [-0.3, -0.25) is 4.79 Å². The van der Waals surface area contributed by atoms with Crippen LogP contribution in [0.15, 0.2) is 24.3 Å². The number of hydrogen-bond donors (Lipinski definition) is 2. The van der Waals surface area contributed by atoms with Crippen LogP contribution >= 0.6 is 0 Å². The minimum Gasteiger partial charge on any atom is -0.389 e. The van der Waals surface area contributed by atoms with Gasteiger partial charge >= 0.3 is 6.18 Å². The molecule has 0 heterocycles. The molecular weight excluding hydrogens is 302 g/mol. The molecule has 1 unspecified atom stereocenters. The number of amides is 1. The number of nitrogens with one attached hydrogen (secondary N) is 1. The molecule has 22 heavy (non-hydrogen) atoms. The lowest BCUT2D eigenvalue weighted by Gasteiger charge is -2.25. The zero-order valence-electron chi connectivity index (χ0n) is 11.8. The van der Waals surface area contributed by atoms with E-state index in [9.17, 15) is 27.5 Å². The zero-order chi connectivity index (χ0) is 16.4. The summed E-state index contributed by atoms with van der Waals surface area (Å²) in [5.74, 6) is -1.52. The van der Waals surface area contributed by atoms with E-state index < -0.39 is 29.5 Å². The average Bonchev–Trinajstić information content (AvgIpc) is 2.82. The third-order valence-corrected chi connectivity index (χ3v) is 3.86. The molecule has 1 aliphatic rings. The molecule has 2 rings (SSSR count). The van der Waals surface area contributed by atoms with E-state index >= 15 is 0 Å². The number of carbonyl (C=O) groups excluding carboxylic acids is 1. The molecule has 0 spiro atoms. The van der Waals surface area contributed by atoms with Gasteiger partial charge in [-0.25, -0.2) is 4.39 Å². The van der Waals surface area contributed by atoms with E-state index in [1.54, 1.807) is 0 Å². The Balaban J connectivity index is 2.10. The van der Waals surface area contributed by atoms with E-state index in [2.05, 4.69) is 0 Å². The van der Waals surface area contributed by atoms with Crippen LogP contribution in [0.2, 0.25) is 0 Å². The van der Waals surface area contributed by atoms with Crippen LogP contribution in [0.4, 0.5) is 17.6 Å². The summed E-state index contributed by atoms with van der Waals surface area (Å²) in [5.41, 5.74) is -1.47. The summed E-state index contributed by atoms with van der Waals surface area (Å²) in [5, 5.41) is 12.0. The standard InChI is InChI=1S/C15H17F4NO2/c16-11-5-3-10(4-6-11)13(15(17,18)19)20-12(21)9-14(22)7-1-2-8-14/h3-6,13,22H,1-2,7-9H2,(H,20,21). The first-order valence-electron chi connectivity index (χ1n) is 7.04. The Hall–Kier alpha value is -1.63. The smallest absolute Gasteiger partial charge is 0.389 e. The van der Waals surface area contributed by atoms with Crippen molar-refractivity contribution in [3.05, 3.63) is 35.6 Å². The lowest BCUT2D eigenvalue weighted by Crippen LogP contribution is -2.41. The van der Waals surface area contributed by atoms with E-state index in [1.807, 2.05) is 5.32 Å². The van der Waals surface area contributed by atoms with Crippen molar-refractivity contribution in [3.8, 4) is 0 Å². The average molecular weight is 319 g/mol. The molecule has 7 heteroatoms. The first-order chi connectivity index (χ1) is 10.2. The summed E-state index contributed by atoms with van der Waals surface area (Å²) in [6, 6.07) is 1.57. The topological polar surface area (TPSA) is 49.3 Å². The van der Waals surface area contributed by atoms with Gasteiger partial charge in [-0.2, -0.15) is 13.2 Å². The first kappa shape index (κ1) is 16.7. The third-order valence-electron chi connectivity index (χ3n) is 3.86. The second-order valence-corrected chi connectivity index (χ2v) is 5.70. The summed E-state index contributed by atoms with van der Waals surface area (Å²) in [6.07, 6.45) is -2.73. The quantitative estimate of drug-likeness (QED) is 0.837. The SMILES string of the molecule is O=C(CC1(O)CCCC1)NC(c1ccc(F)cc1)C(F)(F)F.